The van der Waals surface area contributed by atoms with E-state index in [4.69, 9.17) is 5.73 Å². The van der Waals surface area contributed by atoms with Crippen molar-refractivity contribution >= 4 is 23.4 Å². The molecule has 2 N–H and O–H groups in total. The van der Waals surface area contributed by atoms with Crippen molar-refractivity contribution in [2.24, 2.45) is 5.73 Å². The molecule has 18 heavy (non-hydrogen) atoms. The summed E-state index contributed by atoms with van der Waals surface area (Å²) in [6.07, 6.45) is 2.18. The quantitative estimate of drug-likeness (QED) is 0.845. The number of rotatable bonds is 1. The molecule has 1 atom stereocenters. The van der Waals surface area contributed by atoms with Crippen molar-refractivity contribution < 1.29 is 4.79 Å². The fourth-order valence-electron chi connectivity index (χ4n) is 2.72. The number of amides is 1. The molecule has 0 spiro atoms. The second kappa shape index (κ2) is 4.28. The molecule has 1 unspecified atom stereocenters. The minimum atomic E-state index is 0.0152. The van der Waals surface area contributed by atoms with Crippen LogP contribution < -0.4 is 10.6 Å². The van der Waals surface area contributed by atoms with Crippen LogP contribution in [0.2, 0.25) is 0 Å². The fourth-order valence-corrected chi connectivity index (χ4v) is 3.89. The molecule has 0 aromatic heterocycles. The normalized spacial score (nSPS) is 30.9. The fraction of sp³-hybridized carbons (Fsp3) is 0.500. The molecule has 0 bridgehead atoms. The van der Waals surface area contributed by atoms with Crippen LogP contribution in [0, 0.1) is 0 Å². The summed E-state index contributed by atoms with van der Waals surface area (Å²) in [5.41, 5.74) is 8.26. The van der Waals surface area contributed by atoms with Crippen molar-refractivity contribution in [3.05, 3.63) is 23.8 Å². The predicted molar refractivity (Wildman–Crippen MR) is 75.1 cm³/mol. The maximum Gasteiger partial charge on any atom is 0.239 e. The van der Waals surface area contributed by atoms with Crippen molar-refractivity contribution in [1.82, 2.24) is 0 Å². The van der Waals surface area contributed by atoms with Crippen molar-refractivity contribution in [3.8, 4) is 0 Å². The zero-order chi connectivity index (χ0) is 12.9. The zero-order valence-electron chi connectivity index (χ0n) is 10.7. The molecule has 1 aromatic carbocycles. The van der Waals surface area contributed by atoms with Gasteiger partial charge in [-0.25, -0.2) is 0 Å². The van der Waals surface area contributed by atoms with Crippen LogP contribution >= 0.6 is 11.8 Å². The van der Waals surface area contributed by atoms with Crippen LogP contribution in [0.1, 0.15) is 31.2 Å². The van der Waals surface area contributed by atoms with E-state index in [1.165, 1.54) is 10.5 Å². The van der Waals surface area contributed by atoms with Gasteiger partial charge in [-0.05, 0) is 43.4 Å². The van der Waals surface area contributed by atoms with Gasteiger partial charge in [0.15, 0.2) is 0 Å². The van der Waals surface area contributed by atoms with Gasteiger partial charge in [0.1, 0.15) is 0 Å². The van der Waals surface area contributed by atoms with E-state index in [2.05, 4.69) is 18.2 Å². The molecule has 4 heteroatoms. The standard InChI is InChI=1S/C14H18N2OS/c1-8-14(17)16(2)12-4-3-9(7-13(12)18-8)10-5-11(15)6-10/h3-4,7-8,10-11H,5-6,15H2,1-2H3. The summed E-state index contributed by atoms with van der Waals surface area (Å²) in [5.74, 6) is 0.801. The number of hydrogen-bond acceptors (Lipinski definition) is 3. The van der Waals surface area contributed by atoms with Crippen LogP contribution in [0.15, 0.2) is 23.1 Å². The Morgan fingerprint density at radius 3 is 2.78 bits per heavy atom. The first kappa shape index (κ1) is 12.1. The molecule has 3 nitrogen and oxygen atoms in total. The van der Waals surface area contributed by atoms with Gasteiger partial charge in [0.2, 0.25) is 5.91 Å². The van der Waals surface area contributed by atoms with E-state index in [0.717, 1.165) is 18.5 Å². The molecule has 1 heterocycles. The van der Waals surface area contributed by atoms with E-state index in [9.17, 15) is 4.79 Å². The van der Waals surface area contributed by atoms with E-state index in [-0.39, 0.29) is 11.2 Å². The van der Waals surface area contributed by atoms with Gasteiger partial charge < -0.3 is 10.6 Å². The Morgan fingerprint density at radius 2 is 2.11 bits per heavy atom. The average Bonchev–Trinajstić information content (AvgIpc) is 2.32. The molecule has 2 aliphatic rings. The highest BCUT2D eigenvalue weighted by Gasteiger charge is 2.31. The van der Waals surface area contributed by atoms with Crippen LogP contribution in [-0.4, -0.2) is 24.2 Å². The van der Waals surface area contributed by atoms with Crippen LogP contribution in [0.4, 0.5) is 5.69 Å². The van der Waals surface area contributed by atoms with Gasteiger partial charge in [-0.2, -0.15) is 0 Å². The van der Waals surface area contributed by atoms with Gasteiger partial charge in [-0.15, -0.1) is 11.8 Å². The number of carbonyl (C=O) groups is 1. The van der Waals surface area contributed by atoms with E-state index in [0.29, 0.717) is 12.0 Å². The summed E-state index contributed by atoms with van der Waals surface area (Å²) in [6, 6.07) is 6.85. The summed E-state index contributed by atoms with van der Waals surface area (Å²) in [5, 5.41) is 0.0152. The zero-order valence-corrected chi connectivity index (χ0v) is 11.5. The van der Waals surface area contributed by atoms with Gasteiger partial charge in [0.25, 0.3) is 0 Å². The summed E-state index contributed by atoms with van der Waals surface area (Å²) in [7, 11) is 1.86. The number of nitrogens with two attached hydrogens (primary N) is 1. The number of nitrogens with zero attached hydrogens (tertiary/aromatic N) is 1. The van der Waals surface area contributed by atoms with E-state index >= 15 is 0 Å². The van der Waals surface area contributed by atoms with Crippen molar-refractivity contribution in [2.75, 3.05) is 11.9 Å². The predicted octanol–water partition coefficient (Wildman–Crippen LogP) is 2.35. The Labute approximate surface area is 112 Å². The van der Waals surface area contributed by atoms with Crippen LogP contribution in [0.3, 0.4) is 0 Å². The lowest BCUT2D eigenvalue weighted by Gasteiger charge is -2.35. The second-order valence-corrected chi connectivity index (χ2v) is 6.70. The number of anilines is 1. The van der Waals surface area contributed by atoms with Gasteiger partial charge in [-0.3, -0.25) is 4.79 Å². The van der Waals surface area contributed by atoms with Crippen LogP contribution in [0.25, 0.3) is 0 Å². The average molecular weight is 262 g/mol. The molecular formula is C14H18N2OS. The highest BCUT2D eigenvalue weighted by molar-refractivity contribution is 8.01. The van der Waals surface area contributed by atoms with Gasteiger partial charge in [0, 0.05) is 18.0 Å². The third kappa shape index (κ3) is 1.84. The number of carbonyl (C=O) groups excluding carboxylic acids is 1. The smallest absolute Gasteiger partial charge is 0.239 e. The number of thioether (sulfide) groups is 1. The molecule has 0 saturated heterocycles. The first-order valence-corrected chi connectivity index (χ1v) is 7.28. The molecule has 1 aliphatic carbocycles. The molecular weight excluding hydrogens is 244 g/mol. The lowest BCUT2D eigenvalue weighted by Crippen LogP contribution is -2.37. The lowest BCUT2D eigenvalue weighted by molar-refractivity contribution is -0.117. The molecule has 1 fully saturated rings. The molecule has 1 aromatic rings. The minimum absolute atomic E-state index is 0.0152. The summed E-state index contributed by atoms with van der Waals surface area (Å²) in [6.45, 7) is 1.97. The van der Waals surface area contributed by atoms with Crippen molar-refractivity contribution in [3.63, 3.8) is 0 Å². The third-order valence-corrected chi connectivity index (χ3v) is 5.11. The summed E-state index contributed by atoms with van der Waals surface area (Å²) in [4.78, 5) is 14.9. The van der Waals surface area contributed by atoms with Gasteiger partial charge in [0.05, 0.1) is 10.9 Å². The molecule has 1 aliphatic heterocycles. The number of benzene rings is 1. The van der Waals surface area contributed by atoms with Crippen LogP contribution in [-0.2, 0) is 4.79 Å². The molecule has 3 rings (SSSR count). The number of fused-ring (bicyclic) bond motifs is 1. The Kier molecular flexibility index (Phi) is 2.87. The summed E-state index contributed by atoms with van der Waals surface area (Å²) >= 11 is 1.67. The molecule has 1 amide bonds. The largest absolute Gasteiger partial charge is 0.328 e. The second-order valence-electron chi connectivity index (χ2n) is 5.31. The minimum Gasteiger partial charge on any atom is -0.328 e. The maximum atomic E-state index is 11.9. The van der Waals surface area contributed by atoms with Crippen molar-refractivity contribution in [1.29, 1.82) is 0 Å². The maximum absolute atomic E-state index is 11.9. The molecule has 1 saturated carbocycles. The SMILES string of the molecule is CC1Sc2cc(C3CC(N)C3)ccc2N(C)C1=O. The Bertz CT molecular complexity index is 497. The lowest BCUT2D eigenvalue weighted by atomic mass is 9.76. The molecule has 96 valence electrons. The van der Waals surface area contributed by atoms with Crippen molar-refractivity contribution in [2.45, 2.75) is 41.9 Å². The molecule has 0 radical (unpaired) electrons. The first-order chi connectivity index (χ1) is 8.56. The topological polar surface area (TPSA) is 46.3 Å². The van der Waals surface area contributed by atoms with E-state index < -0.39 is 0 Å². The van der Waals surface area contributed by atoms with Crippen LogP contribution in [0.5, 0.6) is 0 Å². The van der Waals surface area contributed by atoms with Gasteiger partial charge >= 0.3 is 0 Å². The van der Waals surface area contributed by atoms with Gasteiger partial charge in [-0.1, -0.05) is 6.07 Å². The Morgan fingerprint density at radius 1 is 1.39 bits per heavy atom. The highest BCUT2D eigenvalue weighted by Crippen LogP contribution is 2.43. The highest BCUT2D eigenvalue weighted by atomic mass is 32.2. The monoisotopic (exact) mass is 262 g/mol. The van der Waals surface area contributed by atoms with E-state index in [1.54, 1.807) is 16.7 Å². The Balaban J connectivity index is 1.91. The Hall–Kier alpha value is -1.00. The third-order valence-electron chi connectivity index (χ3n) is 3.97. The first-order valence-electron chi connectivity index (χ1n) is 6.40. The number of hydrogen-bond donors (Lipinski definition) is 1. The van der Waals surface area contributed by atoms with E-state index in [1.807, 2.05) is 14.0 Å². The summed E-state index contributed by atoms with van der Waals surface area (Å²) < 4.78 is 0.